The summed E-state index contributed by atoms with van der Waals surface area (Å²) in [6.07, 6.45) is 2.37. The maximum absolute atomic E-state index is 13.2. The Bertz CT molecular complexity index is 1270. The van der Waals surface area contributed by atoms with Crippen molar-refractivity contribution in [1.29, 1.82) is 0 Å². The van der Waals surface area contributed by atoms with Crippen LogP contribution in [-0.4, -0.2) is 22.4 Å². The maximum atomic E-state index is 13.2. The fraction of sp³-hybridized carbons (Fsp3) is 0.160. The highest BCUT2D eigenvalue weighted by atomic mass is 35.5. The van der Waals surface area contributed by atoms with E-state index >= 15 is 0 Å². The largest absolute Gasteiger partial charge is 0.335 e. The number of hydrogen-bond donors (Lipinski definition) is 1. The second-order valence-electron chi connectivity index (χ2n) is 7.62. The third-order valence-corrected chi connectivity index (χ3v) is 5.78. The van der Waals surface area contributed by atoms with E-state index in [9.17, 15) is 14.4 Å². The van der Waals surface area contributed by atoms with Crippen LogP contribution < -0.4 is 10.2 Å². The van der Waals surface area contributed by atoms with Gasteiger partial charge in [0.25, 0.3) is 11.8 Å². The van der Waals surface area contributed by atoms with Crippen molar-refractivity contribution in [1.82, 2.24) is 9.88 Å². The number of amides is 4. The Labute approximate surface area is 191 Å². The summed E-state index contributed by atoms with van der Waals surface area (Å²) in [6.45, 7) is 5.86. The van der Waals surface area contributed by atoms with E-state index in [1.807, 2.05) is 61.7 Å². The molecule has 2 aromatic carbocycles. The Balaban J connectivity index is 1.74. The van der Waals surface area contributed by atoms with E-state index in [1.165, 1.54) is 6.08 Å². The van der Waals surface area contributed by atoms with Gasteiger partial charge in [-0.1, -0.05) is 36.7 Å². The van der Waals surface area contributed by atoms with Crippen LogP contribution in [0.25, 0.3) is 11.8 Å². The van der Waals surface area contributed by atoms with Gasteiger partial charge in [-0.05, 0) is 73.9 Å². The number of benzene rings is 2. The smallest absolute Gasteiger partial charge is 0.318 e. The highest BCUT2D eigenvalue weighted by molar-refractivity contribution is 6.39. The molecule has 2 heterocycles. The van der Waals surface area contributed by atoms with Crippen LogP contribution in [0.4, 0.5) is 10.5 Å². The molecule has 0 unspecified atom stereocenters. The van der Waals surface area contributed by atoms with Gasteiger partial charge in [0.2, 0.25) is 0 Å². The molecule has 1 N–H and O–H groups in total. The van der Waals surface area contributed by atoms with Gasteiger partial charge >= 0.3 is 6.03 Å². The first-order chi connectivity index (χ1) is 15.3. The predicted octanol–water partition coefficient (Wildman–Crippen LogP) is 4.98. The first kappa shape index (κ1) is 21.6. The van der Waals surface area contributed by atoms with Crippen molar-refractivity contribution in [2.75, 3.05) is 4.90 Å². The van der Waals surface area contributed by atoms with Crippen LogP contribution >= 0.6 is 11.6 Å². The Morgan fingerprint density at radius 1 is 0.969 bits per heavy atom. The minimum Gasteiger partial charge on any atom is -0.318 e. The van der Waals surface area contributed by atoms with Crippen molar-refractivity contribution in [3.05, 3.63) is 87.7 Å². The van der Waals surface area contributed by atoms with Crippen molar-refractivity contribution >= 4 is 41.2 Å². The molecule has 4 amide bonds. The molecule has 3 aromatic rings. The van der Waals surface area contributed by atoms with E-state index in [-0.39, 0.29) is 5.57 Å². The van der Waals surface area contributed by atoms with E-state index in [2.05, 4.69) is 5.32 Å². The lowest BCUT2D eigenvalue weighted by molar-refractivity contribution is -0.122. The number of imide groups is 2. The molecule has 0 radical (unpaired) electrons. The molecule has 0 spiro atoms. The van der Waals surface area contributed by atoms with Gasteiger partial charge in [0.15, 0.2) is 0 Å². The molecule has 0 bridgehead atoms. The predicted molar refractivity (Wildman–Crippen MR) is 125 cm³/mol. The zero-order chi connectivity index (χ0) is 23.0. The normalized spacial score (nSPS) is 15.4. The van der Waals surface area contributed by atoms with Gasteiger partial charge in [0.1, 0.15) is 5.57 Å². The summed E-state index contributed by atoms with van der Waals surface area (Å²) in [7, 11) is 0. The van der Waals surface area contributed by atoms with E-state index in [4.69, 9.17) is 11.6 Å². The van der Waals surface area contributed by atoms with Crippen molar-refractivity contribution in [2.45, 2.75) is 27.2 Å². The van der Waals surface area contributed by atoms with E-state index in [0.717, 1.165) is 34.0 Å². The van der Waals surface area contributed by atoms with Gasteiger partial charge in [0.05, 0.1) is 5.69 Å². The van der Waals surface area contributed by atoms with Crippen LogP contribution in [0.3, 0.4) is 0 Å². The number of carbonyl (C=O) groups is 3. The Hall–Kier alpha value is -3.64. The summed E-state index contributed by atoms with van der Waals surface area (Å²) < 4.78 is 2.00. The zero-order valence-corrected chi connectivity index (χ0v) is 18.7. The third kappa shape index (κ3) is 3.85. The minimum atomic E-state index is -0.759. The van der Waals surface area contributed by atoms with Crippen molar-refractivity contribution in [3.8, 4) is 5.69 Å². The lowest BCUT2D eigenvalue weighted by atomic mass is 10.1. The van der Waals surface area contributed by atoms with Gasteiger partial charge in [-0.2, -0.15) is 0 Å². The minimum absolute atomic E-state index is 0.101. The maximum Gasteiger partial charge on any atom is 0.335 e. The summed E-state index contributed by atoms with van der Waals surface area (Å²) in [5.74, 6) is -1.37. The molecule has 0 atom stereocenters. The topological polar surface area (TPSA) is 71.4 Å². The average Bonchev–Trinajstić information content (AvgIpc) is 3.04. The molecule has 1 saturated heterocycles. The number of nitrogens with zero attached hydrogens (tertiary/aromatic N) is 2. The van der Waals surface area contributed by atoms with Gasteiger partial charge in [0, 0.05) is 22.1 Å². The Kier molecular flexibility index (Phi) is 5.72. The molecule has 1 aliphatic heterocycles. The summed E-state index contributed by atoms with van der Waals surface area (Å²) in [5, 5.41) is 2.88. The highest BCUT2D eigenvalue weighted by Gasteiger charge is 2.37. The molecule has 1 aromatic heterocycles. The van der Waals surface area contributed by atoms with Crippen LogP contribution in [0.5, 0.6) is 0 Å². The van der Waals surface area contributed by atoms with E-state index < -0.39 is 17.8 Å². The molecule has 4 rings (SSSR count). The summed E-state index contributed by atoms with van der Waals surface area (Å²) in [4.78, 5) is 39.1. The molecule has 6 nitrogen and oxygen atoms in total. The van der Waals surface area contributed by atoms with Crippen LogP contribution in [-0.2, 0) is 16.0 Å². The Morgan fingerprint density at radius 2 is 1.69 bits per heavy atom. The van der Waals surface area contributed by atoms with Crippen molar-refractivity contribution in [2.24, 2.45) is 0 Å². The number of urea groups is 1. The number of halogens is 1. The number of aryl methyl sites for hydroxylation is 2. The number of anilines is 1. The van der Waals surface area contributed by atoms with Gasteiger partial charge in [-0.3, -0.25) is 14.9 Å². The molecule has 1 fully saturated rings. The molecular formula is C25H22ClN3O3. The second-order valence-corrected chi connectivity index (χ2v) is 8.06. The number of aromatic nitrogens is 1. The number of nitrogens with one attached hydrogen (secondary N) is 1. The summed E-state index contributed by atoms with van der Waals surface area (Å²) in [6, 6.07) is 15.7. The van der Waals surface area contributed by atoms with E-state index in [1.54, 1.807) is 18.2 Å². The monoisotopic (exact) mass is 447 g/mol. The van der Waals surface area contributed by atoms with Gasteiger partial charge in [-0.15, -0.1) is 0 Å². The van der Waals surface area contributed by atoms with Crippen molar-refractivity contribution < 1.29 is 14.4 Å². The average molecular weight is 448 g/mol. The molecule has 1 aliphatic rings. The highest BCUT2D eigenvalue weighted by Crippen LogP contribution is 2.27. The molecule has 32 heavy (non-hydrogen) atoms. The number of hydrogen-bond acceptors (Lipinski definition) is 3. The zero-order valence-electron chi connectivity index (χ0n) is 18.0. The number of barbiturate groups is 1. The van der Waals surface area contributed by atoms with Crippen LogP contribution in [0.2, 0.25) is 5.02 Å². The summed E-state index contributed by atoms with van der Waals surface area (Å²) in [5.41, 5.74) is 4.74. The lowest BCUT2D eigenvalue weighted by Gasteiger charge is -2.26. The molecule has 162 valence electrons. The van der Waals surface area contributed by atoms with E-state index in [0.29, 0.717) is 16.3 Å². The van der Waals surface area contributed by atoms with Crippen LogP contribution in [0.1, 0.15) is 29.4 Å². The lowest BCUT2D eigenvalue weighted by Crippen LogP contribution is -2.54. The summed E-state index contributed by atoms with van der Waals surface area (Å²) >= 11 is 6.15. The Morgan fingerprint density at radius 3 is 2.34 bits per heavy atom. The fourth-order valence-corrected chi connectivity index (χ4v) is 4.06. The van der Waals surface area contributed by atoms with Crippen LogP contribution in [0, 0.1) is 13.8 Å². The molecule has 0 saturated carbocycles. The quantitative estimate of drug-likeness (QED) is 0.453. The molecular weight excluding hydrogens is 426 g/mol. The third-order valence-electron chi connectivity index (χ3n) is 5.54. The fourth-order valence-electron chi connectivity index (χ4n) is 3.87. The van der Waals surface area contributed by atoms with Gasteiger partial charge < -0.3 is 4.57 Å². The SMILES string of the molecule is CCc1ccc(N2C(=O)NC(=O)/C(=C/c3cc(C)n(-c4cccc(Cl)c4)c3C)C2=O)cc1. The van der Waals surface area contributed by atoms with Gasteiger partial charge in [-0.25, -0.2) is 9.69 Å². The second kappa shape index (κ2) is 8.48. The van der Waals surface area contributed by atoms with Crippen LogP contribution in [0.15, 0.2) is 60.2 Å². The van der Waals surface area contributed by atoms with Crippen molar-refractivity contribution in [3.63, 3.8) is 0 Å². The first-order valence-corrected chi connectivity index (χ1v) is 10.6. The number of rotatable bonds is 4. The molecule has 0 aliphatic carbocycles. The standard InChI is InChI=1S/C25H22ClN3O3/c1-4-17-8-10-20(11-9-17)29-24(31)22(23(30)27-25(29)32)13-18-12-15(2)28(16(18)3)21-7-5-6-19(26)14-21/h5-14H,4H2,1-3H3,(H,27,30,32)/b22-13-. The first-order valence-electron chi connectivity index (χ1n) is 10.3. The molecule has 7 heteroatoms. The number of carbonyl (C=O) groups excluding carboxylic acids is 3.